The molecule has 0 bridgehead atoms. The Kier molecular flexibility index (Phi) is 4.34. The average molecular weight is 266 g/mol. The summed E-state index contributed by atoms with van der Waals surface area (Å²) in [5.74, 6) is 1.54. The summed E-state index contributed by atoms with van der Waals surface area (Å²) in [6, 6.07) is 8.11. The molecule has 100 valence electrons. The molecule has 2 atom stereocenters. The number of benzene rings is 1. The predicted octanol–water partition coefficient (Wildman–Crippen LogP) is 4.73. The van der Waals surface area contributed by atoms with Crippen LogP contribution in [0.4, 0.5) is 0 Å². The van der Waals surface area contributed by atoms with Gasteiger partial charge < -0.3 is 5.73 Å². The zero-order chi connectivity index (χ0) is 13.2. The first-order chi connectivity index (χ1) is 8.49. The number of hydrogen-bond acceptors (Lipinski definition) is 1. The fraction of sp³-hybridized carbons (Fsp3) is 0.625. The summed E-state index contributed by atoms with van der Waals surface area (Å²) < 4.78 is 0. The molecule has 0 heterocycles. The lowest BCUT2D eigenvalue weighted by Gasteiger charge is -2.39. The minimum atomic E-state index is -0.137. The molecule has 18 heavy (non-hydrogen) atoms. The minimum Gasteiger partial charge on any atom is -0.321 e. The topological polar surface area (TPSA) is 26.0 Å². The van der Waals surface area contributed by atoms with E-state index in [-0.39, 0.29) is 5.54 Å². The highest BCUT2D eigenvalue weighted by Gasteiger charge is 2.34. The summed E-state index contributed by atoms with van der Waals surface area (Å²) in [6.07, 6.45) is 6.10. The summed E-state index contributed by atoms with van der Waals surface area (Å²) in [6.45, 7) is 4.60. The molecule has 2 unspecified atom stereocenters. The molecule has 1 saturated carbocycles. The molecule has 0 saturated heterocycles. The third-order valence-corrected chi connectivity index (χ3v) is 4.36. The highest BCUT2D eigenvalue weighted by atomic mass is 35.5. The van der Waals surface area contributed by atoms with Crippen LogP contribution in [0.15, 0.2) is 24.3 Å². The van der Waals surface area contributed by atoms with Crippen LogP contribution >= 0.6 is 11.6 Å². The molecule has 0 aromatic heterocycles. The van der Waals surface area contributed by atoms with Gasteiger partial charge in [-0.05, 0) is 48.8 Å². The van der Waals surface area contributed by atoms with Crippen LogP contribution in [0.3, 0.4) is 0 Å². The zero-order valence-electron chi connectivity index (χ0n) is 11.5. The van der Waals surface area contributed by atoms with Gasteiger partial charge in [0.1, 0.15) is 0 Å². The quantitative estimate of drug-likeness (QED) is 0.840. The first-order valence-electron chi connectivity index (χ1n) is 7.04. The lowest BCUT2D eigenvalue weighted by atomic mass is 9.70. The van der Waals surface area contributed by atoms with Gasteiger partial charge in [0, 0.05) is 10.6 Å². The Hall–Kier alpha value is -0.530. The molecule has 0 spiro atoms. The van der Waals surface area contributed by atoms with Crippen molar-refractivity contribution in [1.82, 2.24) is 0 Å². The van der Waals surface area contributed by atoms with Crippen LogP contribution in [0.5, 0.6) is 0 Å². The summed E-state index contributed by atoms with van der Waals surface area (Å²) in [7, 11) is 0. The lowest BCUT2D eigenvalue weighted by Crippen LogP contribution is -2.41. The van der Waals surface area contributed by atoms with E-state index in [9.17, 15) is 0 Å². The van der Waals surface area contributed by atoms with Crippen molar-refractivity contribution in [2.24, 2.45) is 17.6 Å². The monoisotopic (exact) mass is 265 g/mol. The van der Waals surface area contributed by atoms with Crippen LogP contribution in [0.1, 0.15) is 51.5 Å². The number of rotatable bonds is 3. The van der Waals surface area contributed by atoms with E-state index < -0.39 is 0 Å². The average Bonchev–Trinajstić information content (AvgIpc) is 2.28. The standard InChI is InChI=1S/C16H24ClN/c1-12(2)10-13-4-3-9-16(18,11-13)14-5-7-15(17)8-6-14/h5-8,12-13H,3-4,9-11,18H2,1-2H3. The van der Waals surface area contributed by atoms with Crippen LogP contribution in [-0.4, -0.2) is 0 Å². The van der Waals surface area contributed by atoms with Crippen molar-refractivity contribution >= 4 is 11.6 Å². The zero-order valence-corrected chi connectivity index (χ0v) is 12.2. The summed E-state index contributed by atoms with van der Waals surface area (Å²) in [5, 5.41) is 0.789. The molecule has 0 aliphatic heterocycles. The van der Waals surface area contributed by atoms with Crippen molar-refractivity contribution in [3.63, 3.8) is 0 Å². The first kappa shape index (κ1) is 13.9. The molecule has 1 aliphatic carbocycles. The Balaban J connectivity index is 2.12. The molecule has 1 aromatic rings. The maximum atomic E-state index is 6.65. The van der Waals surface area contributed by atoms with E-state index in [1.54, 1.807) is 0 Å². The largest absolute Gasteiger partial charge is 0.321 e. The molecule has 1 aromatic carbocycles. The van der Waals surface area contributed by atoms with Crippen molar-refractivity contribution in [1.29, 1.82) is 0 Å². The van der Waals surface area contributed by atoms with Crippen molar-refractivity contribution in [3.05, 3.63) is 34.9 Å². The van der Waals surface area contributed by atoms with Crippen LogP contribution in [0.25, 0.3) is 0 Å². The van der Waals surface area contributed by atoms with E-state index in [0.29, 0.717) is 0 Å². The Labute approximate surface area is 116 Å². The maximum absolute atomic E-state index is 6.65. The van der Waals surface area contributed by atoms with Gasteiger partial charge in [-0.25, -0.2) is 0 Å². The maximum Gasteiger partial charge on any atom is 0.0412 e. The third-order valence-electron chi connectivity index (χ3n) is 4.11. The van der Waals surface area contributed by atoms with Crippen LogP contribution in [0.2, 0.25) is 5.02 Å². The Morgan fingerprint density at radius 3 is 2.61 bits per heavy atom. The normalized spacial score (nSPS) is 28.6. The molecule has 2 rings (SSSR count). The highest BCUT2D eigenvalue weighted by Crippen LogP contribution is 2.40. The van der Waals surface area contributed by atoms with Gasteiger partial charge in [-0.15, -0.1) is 0 Å². The predicted molar refractivity (Wildman–Crippen MR) is 78.7 cm³/mol. The molecule has 1 fully saturated rings. The second kappa shape index (κ2) is 5.63. The lowest BCUT2D eigenvalue weighted by molar-refractivity contribution is 0.202. The highest BCUT2D eigenvalue weighted by molar-refractivity contribution is 6.30. The van der Waals surface area contributed by atoms with Crippen LogP contribution < -0.4 is 5.73 Å². The number of hydrogen-bond donors (Lipinski definition) is 1. The fourth-order valence-electron chi connectivity index (χ4n) is 3.34. The van der Waals surface area contributed by atoms with Crippen molar-refractivity contribution in [2.75, 3.05) is 0 Å². The van der Waals surface area contributed by atoms with Gasteiger partial charge >= 0.3 is 0 Å². The van der Waals surface area contributed by atoms with Gasteiger partial charge in [-0.1, -0.05) is 50.4 Å². The minimum absolute atomic E-state index is 0.137. The van der Waals surface area contributed by atoms with Gasteiger partial charge in [0.05, 0.1) is 0 Å². The second-order valence-corrected chi connectivity index (χ2v) is 6.69. The summed E-state index contributed by atoms with van der Waals surface area (Å²) in [5.41, 5.74) is 7.77. The van der Waals surface area contributed by atoms with Crippen molar-refractivity contribution in [3.8, 4) is 0 Å². The molecule has 2 heteroatoms. The molecular formula is C16H24ClN. The first-order valence-corrected chi connectivity index (χ1v) is 7.42. The van der Waals surface area contributed by atoms with E-state index in [1.807, 2.05) is 12.1 Å². The fourth-order valence-corrected chi connectivity index (χ4v) is 3.46. The molecular weight excluding hydrogens is 242 g/mol. The van der Waals surface area contributed by atoms with Gasteiger partial charge in [0.15, 0.2) is 0 Å². The van der Waals surface area contributed by atoms with E-state index >= 15 is 0 Å². The molecule has 2 N–H and O–H groups in total. The van der Waals surface area contributed by atoms with Crippen LogP contribution in [0, 0.1) is 11.8 Å². The van der Waals surface area contributed by atoms with E-state index in [0.717, 1.165) is 29.7 Å². The van der Waals surface area contributed by atoms with Gasteiger partial charge in [0.25, 0.3) is 0 Å². The molecule has 0 amide bonds. The van der Waals surface area contributed by atoms with Gasteiger partial charge in [0.2, 0.25) is 0 Å². The third kappa shape index (κ3) is 3.27. The SMILES string of the molecule is CC(C)CC1CCCC(N)(c2ccc(Cl)cc2)C1. The van der Waals surface area contributed by atoms with Crippen LogP contribution in [-0.2, 0) is 5.54 Å². The van der Waals surface area contributed by atoms with Crippen molar-refractivity contribution in [2.45, 2.75) is 51.5 Å². The second-order valence-electron chi connectivity index (χ2n) is 6.25. The van der Waals surface area contributed by atoms with Gasteiger partial charge in [-0.3, -0.25) is 0 Å². The van der Waals surface area contributed by atoms with E-state index in [2.05, 4.69) is 26.0 Å². The Bertz CT molecular complexity index is 385. The molecule has 1 nitrogen and oxygen atoms in total. The molecule has 0 radical (unpaired) electrons. The summed E-state index contributed by atoms with van der Waals surface area (Å²) >= 11 is 5.95. The van der Waals surface area contributed by atoms with E-state index in [4.69, 9.17) is 17.3 Å². The number of nitrogens with two attached hydrogens (primary N) is 1. The van der Waals surface area contributed by atoms with E-state index in [1.165, 1.54) is 24.8 Å². The van der Waals surface area contributed by atoms with Crippen molar-refractivity contribution < 1.29 is 0 Å². The smallest absolute Gasteiger partial charge is 0.0412 e. The van der Waals surface area contributed by atoms with Gasteiger partial charge in [-0.2, -0.15) is 0 Å². The molecule has 1 aliphatic rings. The Morgan fingerprint density at radius 1 is 1.33 bits per heavy atom. The Morgan fingerprint density at radius 2 is 2.00 bits per heavy atom. The summed E-state index contributed by atoms with van der Waals surface area (Å²) in [4.78, 5) is 0. The number of halogens is 1.